The summed E-state index contributed by atoms with van der Waals surface area (Å²) >= 11 is 13.6. The van der Waals surface area contributed by atoms with Gasteiger partial charge < -0.3 is 28.6 Å². The predicted molar refractivity (Wildman–Crippen MR) is 233 cm³/mol. The van der Waals surface area contributed by atoms with E-state index < -0.39 is 14.0 Å². The summed E-state index contributed by atoms with van der Waals surface area (Å²) in [5.74, 6) is -0.422. The highest BCUT2D eigenvalue weighted by atomic mass is 35.5. The van der Waals surface area contributed by atoms with Crippen LogP contribution >= 0.6 is 23.2 Å². The van der Waals surface area contributed by atoms with Crippen molar-refractivity contribution in [2.75, 3.05) is 24.7 Å². The molecule has 4 heterocycles. The molecule has 0 spiro atoms. The van der Waals surface area contributed by atoms with E-state index in [-0.39, 0.29) is 17.6 Å². The van der Waals surface area contributed by atoms with Crippen LogP contribution in [-0.4, -0.2) is 63.7 Å². The second-order valence-corrected chi connectivity index (χ2v) is 23.0. The Balaban J connectivity index is 1.34. The number of aromatic nitrogens is 4. The van der Waals surface area contributed by atoms with E-state index in [4.69, 9.17) is 37.8 Å². The average Bonchev–Trinajstić information content (AvgIpc) is 3.77. The van der Waals surface area contributed by atoms with E-state index in [1.807, 2.05) is 74.8 Å². The van der Waals surface area contributed by atoms with Gasteiger partial charge in [-0.1, -0.05) is 55.0 Å². The van der Waals surface area contributed by atoms with Crippen LogP contribution in [0.3, 0.4) is 0 Å². The summed E-state index contributed by atoms with van der Waals surface area (Å²) in [6, 6.07) is 16.1. The molecular formula is C44H51Cl2N5O5Si. The molecule has 57 heavy (non-hydrogen) atoms. The zero-order chi connectivity index (χ0) is 41.1. The SMILES string of the molecule is Cc1cc(OCCCc2c3n(c4c(-c5c(C)nn(COCC[Si](C)(C)C)c5C)c(Cl)ccc24)C(C)CN(c2cccc4c2cc(C(=O)O)n4C)C3=O)cc(C)c1Cl. The van der Waals surface area contributed by atoms with E-state index in [1.54, 1.807) is 22.6 Å². The first-order valence-electron chi connectivity index (χ1n) is 19.5. The van der Waals surface area contributed by atoms with Gasteiger partial charge in [-0.25, -0.2) is 9.48 Å². The number of carbonyl (C=O) groups excluding carboxylic acids is 1. The summed E-state index contributed by atoms with van der Waals surface area (Å²) in [5.41, 5.74) is 9.44. The van der Waals surface area contributed by atoms with Crippen LogP contribution in [0.2, 0.25) is 35.7 Å². The van der Waals surface area contributed by atoms with Gasteiger partial charge in [0.2, 0.25) is 0 Å². The molecule has 1 N–H and O–H groups in total. The Hall–Kier alpha value is -4.55. The van der Waals surface area contributed by atoms with Crippen molar-refractivity contribution in [3.8, 4) is 16.9 Å². The Labute approximate surface area is 344 Å². The number of benzene rings is 3. The average molecular weight is 829 g/mol. The molecule has 300 valence electrons. The van der Waals surface area contributed by atoms with Gasteiger partial charge in [-0.05, 0) is 107 Å². The molecule has 3 aromatic carbocycles. The van der Waals surface area contributed by atoms with Crippen LogP contribution in [0.5, 0.6) is 5.75 Å². The molecule has 1 unspecified atom stereocenters. The minimum absolute atomic E-state index is 0.153. The Morgan fingerprint density at radius 1 is 0.982 bits per heavy atom. The maximum atomic E-state index is 15.1. The van der Waals surface area contributed by atoms with Crippen LogP contribution in [0.4, 0.5) is 5.69 Å². The lowest BCUT2D eigenvalue weighted by Crippen LogP contribution is -2.42. The summed E-state index contributed by atoms with van der Waals surface area (Å²) in [6.45, 7) is 18.9. The van der Waals surface area contributed by atoms with Gasteiger partial charge in [-0.15, -0.1) is 0 Å². The van der Waals surface area contributed by atoms with Crippen molar-refractivity contribution >= 4 is 70.6 Å². The number of aryl methyl sites for hydroxylation is 5. The lowest BCUT2D eigenvalue weighted by Gasteiger charge is -2.34. The lowest BCUT2D eigenvalue weighted by atomic mass is 9.98. The van der Waals surface area contributed by atoms with Crippen LogP contribution in [0.25, 0.3) is 32.9 Å². The first kappa shape index (κ1) is 40.6. The third kappa shape index (κ3) is 7.51. The summed E-state index contributed by atoms with van der Waals surface area (Å²) < 4.78 is 18.1. The molecular weight excluding hydrogens is 778 g/mol. The number of fused-ring (bicyclic) bond motifs is 4. The van der Waals surface area contributed by atoms with Crippen molar-refractivity contribution in [3.05, 3.63) is 98.0 Å². The zero-order valence-electron chi connectivity index (χ0n) is 34.2. The Bertz CT molecular complexity index is 2540. The number of carbonyl (C=O) groups is 2. The highest BCUT2D eigenvalue weighted by molar-refractivity contribution is 6.76. The summed E-state index contributed by atoms with van der Waals surface area (Å²) in [6.07, 6.45) is 1.21. The summed E-state index contributed by atoms with van der Waals surface area (Å²) in [7, 11) is 0.478. The molecule has 10 nitrogen and oxygen atoms in total. The number of rotatable bonds is 13. The number of carboxylic acid groups (broad SMARTS) is 1. The van der Waals surface area contributed by atoms with E-state index in [9.17, 15) is 9.90 Å². The number of hydrogen-bond acceptors (Lipinski definition) is 5. The molecule has 1 aliphatic heterocycles. The smallest absolute Gasteiger partial charge is 0.352 e. The summed E-state index contributed by atoms with van der Waals surface area (Å²) in [4.78, 5) is 29.1. The Morgan fingerprint density at radius 3 is 2.39 bits per heavy atom. The van der Waals surface area contributed by atoms with Gasteiger partial charge in [0.1, 0.15) is 23.9 Å². The maximum absolute atomic E-state index is 15.1. The van der Waals surface area contributed by atoms with Crippen molar-refractivity contribution in [3.63, 3.8) is 0 Å². The highest BCUT2D eigenvalue weighted by Crippen LogP contribution is 2.46. The quantitative estimate of drug-likeness (QED) is 0.0918. The van der Waals surface area contributed by atoms with Crippen molar-refractivity contribution in [1.29, 1.82) is 0 Å². The predicted octanol–water partition coefficient (Wildman–Crippen LogP) is 10.8. The van der Waals surface area contributed by atoms with Crippen molar-refractivity contribution in [2.45, 2.75) is 85.9 Å². The fraction of sp³-hybridized carbons (Fsp3) is 0.386. The number of anilines is 1. The Kier molecular flexibility index (Phi) is 11.2. The lowest BCUT2D eigenvalue weighted by molar-refractivity contribution is 0.0686. The first-order chi connectivity index (χ1) is 27.0. The van der Waals surface area contributed by atoms with E-state index in [1.165, 1.54) is 0 Å². The number of ether oxygens (including phenoxy) is 2. The van der Waals surface area contributed by atoms with Crippen LogP contribution < -0.4 is 9.64 Å². The molecule has 0 aliphatic carbocycles. The molecule has 0 saturated heterocycles. The van der Waals surface area contributed by atoms with Crippen LogP contribution in [0.15, 0.2) is 48.5 Å². The number of aromatic carboxylic acids is 1. The second kappa shape index (κ2) is 15.7. The first-order valence-corrected chi connectivity index (χ1v) is 23.9. The molecule has 3 aromatic heterocycles. The molecule has 0 saturated carbocycles. The zero-order valence-corrected chi connectivity index (χ0v) is 36.7. The largest absolute Gasteiger partial charge is 0.494 e. The normalized spacial score (nSPS) is 14.6. The van der Waals surface area contributed by atoms with Gasteiger partial charge in [0, 0.05) is 66.9 Å². The second-order valence-electron chi connectivity index (χ2n) is 16.6. The topological polar surface area (TPSA) is 104 Å². The van der Waals surface area contributed by atoms with Gasteiger partial charge in [-0.2, -0.15) is 5.10 Å². The number of nitrogens with zero attached hydrogens (tertiary/aromatic N) is 5. The molecule has 0 bridgehead atoms. The van der Waals surface area contributed by atoms with E-state index in [0.717, 1.165) is 72.4 Å². The molecule has 0 radical (unpaired) electrons. The Morgan fingerprint density at radius 2 is 1.70 bits per heavy atom. The fourth-order valence-corrected chi connectivity index (χ4v) is 9.41. The minimum atomic E-state index is -1.26. The van der Waals surface area contributed by atoms with Crippen LogP contribution in [-0.2, 0) is 24.9 Å². The van der Waals surface area contributed by atoms with Crippen LogP contribution in [0, 0.1) is 27.7 Å². The van der Waals surface area contributed by atoms with Gasteiger partial charge in [-0.3, -0.25) is 4.79 Å². The molecule has 1 amide bonds. The molecule has 1 aliphatic rings. The monoisotopic (exact) mass is 827 g/mol. The van der Waals surface area contributed by atoms with Gasteiger partial charge in [0.15, 0.2) is 0 Å². The minimum Gasteiger partial charge on any atom is -0.494 e. The van der Waals surface area contributed by atoms with E-state index >= 15 is 4.79 Å². The molecule has 1 atom stereocenters. The van der Waals surface area contributed by atoms with Gasteiger partial charge in [0.25, 0.3) is 5.91 Å². The van der Waals surface area contributed by atoms with E-state index in [2.05, 4.69) is 31.1 Å². The van der Waals surface area contributed by atoms with Gasteiger partial charge >= 0.3 is 5.97 Å². The number of carboxylic acids is 1. The van der Waals surface area contributed by atoms with Crippen LogP contribution in [0.1, 0.15) is 68.4 Å². The summed E-state index contributed by atoms with van der Waals surface area (Å²) in [5, 5.41) is 17.8. The molecule has 7 rings (SSSR count). The van der Waals surface area contributed by atoms with Crippen molar-refractivity contribution < 1.29 is 24.2 Å². The molecule has 0 fully saturated rings. The molecule has 6 aromatic rings. The third-order valence-corrected chi connectivity index (χ3v) is 13.8. The van der Waals surface area contributed by atoms with Crippen molar-refractivity contribution in [1.82, 2.24) is 18.9 Å². The fourth-order valence-electron chi connectivity index (χ4n) is 8.30. The number of amides is 1. The standard InChI is InChI=1S/C44H51Cl2N5O5Si/c1-25-20-30(21-26(2)40(25)46)56-17-11-12-31-32-15-16-34(45)39(38-28(4)47-50(29(38)5)24-55-18-19-57(7,8)9)41(32)51-27(3)23-49(43(52)42(31)51)36-14-10-13-35-33(36)22-37(44(53)54)48(35)6/h10,13-16,20-22,27H,11-12,17-19,23-24H2,1-9H3,(H,53,54). The van der Waals surface area contributed by atoms with Gasteiger partial charge in [0.05, 0.1) is 34.0 Å². The van der Waals surface area contributed by atoms with E-state index in [0.29, 0.717) is 61.1 Å². The third-order valence-electron chi connectivity index (χ3n) is 11.2. The number of hydrogen-bond donors (Lipinski definition) is 1. The highest BCUT2D eigenvalue weighted by Gasteiger charge is 2.37. The van der Waals surface area contributed by atoms with Crippen molar-refractivity contribution in [2.24, 2.45) is 7.05 Å². The number of halogens is 2. The maximum Gasteiger partial charge on any atom is 0.352 e. The molecule has 13 heteroatoms.